The number of hydrogen-bond acceptors (Lipinski definition) is 5. The van der Waals surface area contributed by atoms with E-state index >= 15 is 0 Å². The van der Waals surface area contributed by atoms with Crippen LogP contribution in [0.2, 0.25) is 5.02 Å². The number of hydrogen-bond donors (Lipinski definition) is 2. The molecular formula is C17H11ClFN3O2S. The third-order valence-electron chi connectivity index (χ3n) is 3.26. The van der Waals surface area contributed by atoms with Crippen molar-refractivity contribution >= 4 is 40.3 Å². The molecule has 0 unspecified atom stereocenters. The van der Waals surface area contributed by atoms with Gasteiger partial charge < -0.3 is 5.11 Å². The van der Waals surface area contributed by atoms with Crippen molar-refractivity contribution in [2.24, 2.45) is 5.10 Å². The van der Waals surface area contributed by atoms with Crippen molar-refractivity contribution in [1.29, 1.82) is 0 Å². The van der Waals surface area contributed by atoms with Gasteiger partial charge in [-0.15, -0.1) is 11.3 Å². The van der Waals surface area contributed by atoms with Gasteiger partial charge >= 0.3 is 5.97 Å². The first-order valence-corrected chi connectivity index (χ1v) is 8.32. The number of anilines is 1. The Kier molecular flexibility index (Phi) is 5.06. The highest BCUT2D eigenvalue weighted by Crippen LogP contribution is 2.30. The molecule has 0 atom stereocenters. The summed E-state index contributed by atoms with van der Waals surface area (Å²) in [5.41, 5.74) is 4.37. The standard InChI is InChI=1S/C17H11ClFN3O2S/c18-14-4-2-1-3-12(14)15-9-25-17(21-15)22-20-8-10-5-6-11(19)7-13(10)16(23)24/h1-9H,(H,21,22)(H,23,24)/b20-8+. The van der Waals surface area contributed by atoms with Crippen LogP contribution >= 0.6 is 22.9 Å². The first-order chi connectivity index (χ1) is 12.0. The van der Waals surface area contributed by atoms with E-state index in [-0.39, 0.29) is 11.1 Å². The summed E-state index contributed by atoms with van der Waals surface area (Å²) < 4.78 is 13.1. The Morgan fingerprint density at radius 1 is 1.32 bits per heavy atom. The molecule has 0 aliphatic heterocycles. The third kappa shape index (κ3) is 4.01. The second kappa shape index (κ2) is 7.42. The second-order valence-corrected chi connectivity index (χ2v) is 6.19. The van der Waals surface area contributed by atoms with Gasteiger partial charge in [-0.3, -0.25) is 5.43 Å². The van der Waals surface area contributed by atoms with E-state index in [0.717, 1.165) is 11.6 Å². The Morgan fingerprint density at radius 2 is 2.12 bits per heavy atom. The molecule has 0 saturated carbocycles. The topological polar surface area (TPSA) is 74.6 Å². The van der Waals surface area contributed by atoms with E-state index in [2.05, 4.69) is 15.5 Å². The zero-order valence-electron chi connectivity index (χ0n) is 12.6. The summed E-state index contributed by atoms with van der Waals surface area (Å²) in [6.07, 6.45) is 1.31. The number of carboxylic acids is 1. The fourth-order valence-corrected chi connectivity index (χ4v) is 2.99. The molecule has 1 aromatic heterocycles. The summed E-state index contributed by atoms with van der Waals surface area (Å²) in [4.78, 5) is 15.5. The van der Waals surface area contributed by atoms with Crippen molar-refractivity contribution in [2.75, 3.05) is 5.43 Å². The zero-order chi connectivity index (χ0) is 17.8. The highest BCUT2D eigenvalue weighted by atomic mass is 35.5. The van der Waals surface area contributed by atoms with E-state index in [0.29, 0.717) is 15.8 Å². The Hall–Kier alpha value is -2.77. The van der Waals surface area contributed by atoms with E-state index in [1.54, 1.807) is 6.07 Å². The lowest BCUT2D eigenvalue weighted by atomic mass is 10.1. The number of carbonyl (C=O) groups is 1. The number of benzene rings is 2. The highest BCUT2D eigenvalue weighted by molar-refractivity contribution is 7.14. The smallest absolute Gasteiger partial charge is 0.336 e. The van der Waals surface area contributed by atoms with Gasteiger partial charge in [-0.2, -0.15) is 5.10 Å². The molecule has 5 nitrogen and oxygen atoms in total. The van der Waals surface area contributed by atoms with Gasteiger partial charge in [0, 0.05) is 21.5 Å². The van der Waals surface area contributed by atoms with E-state index in [1.807, 2.05) is 23.6 Å². The number of aromatic nitrogens is 1. The minimum absolute atomic E-state index is 0.165. The summed E-state index contributed by atoms with van der Waals surface area (Å²) in [5.74, 6) is -1.84. The molecule has 1 heterocycles. The van der Waals surface area contributed by atoms with Crippen LogP contribution in [0.15, 0.2) is 52.9 Å². The van der Waals surface area contributed by atoms with E-state index in [4.69, 9.17) is 16.7 Å². The number of thiazole rings is 1. The molecule has 8 heteroatoms. The minimum Gasteiger partial charge on any atom is -0.478 e. The molecule has 0 bridgehead atoms. The number of halogens is 2. The number of hydrazone groups is 1. The number of aromatic carboxylic acids is 1. The quantitative estimate of drug-likeness (QED) is 0.498. The molecule has 0 saturated heterocycles. The van der Waals surface area contributed by atoms with E-state index < -0.39 is 11.8 Å². The average molecular weight is 376 g/mol. The Labute approximate surface area is 151 Å². The number of rotatable bonds is 5. The molecule has 3 rings (SSSR count). The van der Waals surface area contributed by atoms with Crippen LogP contribution in [0.1, 0.15) is 15.9 Å². The van der Waals surface area contributed by atoms with Crippen molar-refractivity contribution in [3.8, 4) is 11.3 Å². The number of carboxylic acid groups (broad SMARTS) is 1. The lowest BCUT2D eigenvalue weighted by molar-refractivity contribution is 0.0696. The van der Waals surface area contributed by atoms with Gasteiger partial charge in [0.1, 0.15) is 5.82 Å². The Morgan fingerprint density at radius 3 is 2.88 bits per heavy atom. The average Bonchev–Trinajstić information content (AvgIpc) is 3.05. The van der Waals surface area contributed by atoms with Crippen molar-refractivity contribution in [3.63, 3.8) is 0 Å². The Balaban J connectivity index is 1.76. The van der Waals surface area contributed by atoms with Gasteiger partial charge in [-0.25, -0.2) is 14.2 Å². The maximum atomic E-state index is 13.1. The fourth-order valence-electron chi connectivity index (χ4n) is 2.10. The Bertz CT molecular complexity index is 959. The van der Waals surface area contributed by atoms with Gasteiger partial charge in [0.15, 0.2) is 0 Å². The molecule has 0 radical (unpaired) electrons. The molecule has 2 N–H and O–H groups in total. The van der Waals surface area contributed by atoms with Crippen molar-refractivity contribution < 1.29 is 14.3 Å². The van der Waals surface area contributed by atoms with Crippen LogP contribution in [0.25, 0.3) is 11.3 Å². The van der Waals surface area contributed by atoms with Crippen LogP contribution in [0, 0.1) is 5.82 Å². The van der Waals surface area contributed by atoms with Crippen molar-refractivity contribution in [2.45, 2.75) is 0 Å². The summed E-state index contributed by atoms with van der Waals surface area (Å²) in [6.45, 7) is 0. The SMILES string of the molecule is O=C(O)c1cc(F)ccc1/C=N/Nc1nc(-c2ccccc2Cl)cs1. The van der Waals surface area contributed by atoms with Crippen LogP contribution in [0.3, 0.4) is 0 Å². The molecule has 0 amide bonds. The van der Waals surface area contributed by atoms with Crippen LogP contribution in [-0.2, 0) is 0 Å². The van der Waals surface area contributed by atoms with Crippen LogP contribution in [0.4, 0.5) is 9.52 Å². The summed E-state index contributed by atoms with van der Waals surface area (Å²) in [6, 6.07) is 10.8. The molecular weight excluding hydrogens is 365 g/mol. The lowest BCUT2D eigenvalue weighted by Crippen LogP contribution is -2.03. The lowest BCUT2D eigenvalue weighted by Gasteiger charge is -2.01. The van der Waals surface area contributed by atoms with Gasteiger partial charge in [0.25, 0.3) is 0 Å². The molecule has 0 aliphatic carbocycles. The molecule has 3 aromatic rings. The predicted octanol–water partition coefficient (Wildman–Crippen LogP) is 4.75. The van der Waals surface area contributed by atoms with E-state index in [9.17, 15) is 9.18 Å². The molecule has 25 heavy (non-hydrogen) atoms. The third-order valence-corrected chi connectivity index (χ3v) is 4.34. The molecule has 0 spiro atoms. The van der Waals surface area contributed by atoms with E-state index in [1.165, 1.54) is 29.7 Å². The maximum absolute atomic E-state index is 13.1. The largest absolute Gasteiger partial charge is 0.478 e. The summed E-state index contributed by atoms with van der Waals surface area (Å²) in [7, 11) is 0. The van der Waals surface area contributed by atoms with Crippen molar-refractivity contribution in [3.05, 3.63) is 69.8 Å². The molecule has 0 aliphatic rings. The summed E-state index contributed by atoms with van der Waals surface area (Å²) in [5, 5.41) is 16.0. The van der Waals surface area contributed by atoms with Crippen LogP contribution in [0.5, 0.6) is 0 Å². The minimum atomic E-state index is -1.23. The first kappa shape index (κ1) is 17.1. The summed E-state index contributed by atoms with van der Waals surface area (Å²) >= 11 is 7.47. The normalized spacial score (nSPS) is 11.0. The molecule has 126 valence electrons. The van der Waals surface area contributed by atoms with Gasteiger partial charge in [0.2, 0.25) is 5.13 Å². The van der Waals surface area contributed by atoms with Crippen LogP contribution < -0.4 is 5.43 Å². The maximum Gasteiger partial charge on any atom is 0.336 e. The van der Waals surface area contributed by atoms with Crippen LogP contribution in [-0.4, -0.2) is 22.3 Å². The molecule has 0 fully saturated rings. The zero-order valence-corrected chi connectivity index (χ0v) is 14.2. The first-order valence-electron chi connectivity index (χ1n) is 7.07. The second-order valence-electron chi connectivity index (χ2n) is 4.92. The highest BCUT2D eigenvalue weighted by Gasteiger charge is 2.10. The fraction of sp³-hybridized carbons (Fsp3) is 0. The monoisotopic (exact) mass is 375 g/mol. The van der Waals surface area contributed by atoms with Gasteiger partial charge in [-0.1, -0.05) is 29.8 Å². The number of nitrogens with one attached hydrogen (secondary N) is 1. The number of nitrogens with zero attached hydrogens (tertiary/aromatic N) is 2. The van der Waals surface area contributed by atoms with Crippen molar-refractivity contribution in [1.82, 2.24) is 4.98 Å². The molecule has 2 aromatic carbocycles. The predicted molar refractivity (Wildman–Crippen MR) is 97.1 cm³/mol. The van der Waals surface area contributed by atoms with Gasteiger partial charge in [-0.05, 0) is 24.3 Å². The van der Waals surface area contributed by atoms with Gasteiger partial charge in [0.05, 0.1) is 17.5 Å².